The van der Waals surface area contributed by atoms with E-state index in [-0.39, 0.29) is 17.7 Å². The fourth-order valence-corrected chi connectivity index (χ4v) is 7.82. The summed E-state index contributed by atoms with van der Waals surface area (Å²) >= 11 is 0. The third-order valence-electron chi connectivity index (χ3n) is 7.27. The average Bonchev–Trinajstić information content (AvgIpc) is 3.44. The van der Waals surface area contributed by atoms with Gasteiger partial charge in [0.05, 0.1) is 4.90 Å². The lowest BCUT2D eigenvalue weighted by molar-refractivity contribution is -0.143. The molecular formula is C24H35N3O4S. The minimum Gasteiger partial charge on any atom is -0.339 e. The number of rotatable bonds is 4. The Morgan fingerprint density at radius 2 is 1.31 bits per heavy atom. The zero-order valence-electron chi connectivity index (χ0n) is 19.5. The van der Waals surface area contributed by atoms with Crippen LogP contribution in [0.25, 0.3) is 0 Å². The SMILES string of the molecule is Cc1cc(C)c(S(=O)(=O)N2CCCC2C(=O)N2CCN(C(=O)C3CCCC3)CC2)c(C)c1. The van der Waals surface area contributed by atoms with E-state index >= 15 is 0 Å². The van der Waals surface area contributed by atoms with Crippen LogP contribution in [0.5, 0.6) is 0 Å². The molecule has 3 fully saturated rings. The van der Waals surface area contributed by atoms with Gasteiger partial charge in [-0.25, -0.2) is 8.42 Å². The van der Waals surface area contributed by atoms with Crippen LogP contribution >= 0.6 is 0 Å². The molecular weight excluding hydrogens is 426 g/mol. The minimum absolute atomic E-state index is 0.124. The Morgan fingerprint density at radius 1 is 0.781 bits per heavy atom. The van der Waals surface area contributed by atoms with Crippen molar-refractivity contribution in [1.29, 1.82) is 0 Å². The Bertz CT molecular complexity index is 969. The molecule has 3 aliphatic rings. The molecule has 1 aromatic rings. The van der Waals surface area contributed by atoms with E-state index in [2.05, 4.69) is 0 Å². The quantitative estimate of drug-likeness (QED) is 0.691. The Hall–Kier alpha value is -1.93. The van der Waals surface area contributed by atoms with E-state index in [1.807, 2.05) is 37.8 Å². The van der Waals surface area contributed by atoms with Crippen LogP contribution in [0.4, 0.5) is 0 Å². The van der Waals surface area contributed by atoms with Crippen LogP contribution in [0.15, 0.2) is 17.0 Å². The summed E-state index contributed by atoms with van der Waals surface area (Å²) in [4.78, 5) is 30.0. The predicted octanol–water partition coefficient (Wildman–Crippen LogP) is 2.63. The summed E-state index contributed by atoms with van der Waals surface area (Å²) in [5, 5.41) is 0. The number of hydrogen-bond donors (Lipinski definition) is 0. The summed E-state index contributed by atoms with van der Waals surface area (Å²) in [7, 11) is -3.76. The van der Waals surface area contributed by atoms with Gasteiger partial charge in [0, 0.05) is 38.6 Å². The van der Waals surface area contributed by atoms with E-state index in [0.29, 0.717) is 50.5 Å². The lowest BCUT2D eigenvalue weighted by atomic mass is 10.1. The Balaban J connectivity index is 1.46. The standard InChI is InChI=1S/C24H35N3O4S/c1-17-15-18(2)22(19(3)16-17)32(30,31)27-10-6-9-21(27)24(29)26-13-11-25(12-14-26)23(28)20-7-4-5-8-20/h15-16,20-21H,4-14H2,1-3H3. The van der Waals surface area contributed by atoms with E-state index < -0.39 is 16.1 Å². The molecule has 0 spiro atoms. The number of amides is 2. The molecule has 2 amide bonds. The lowest BCUT2D eigenvalue weighted by Crippen LogP contribution is -2.56. The molecule has 0 radical (unpaired) electrons. The largest absolute Gasteiger partial charge is 0.339 e. The average molecular weight is 462 g/mol. The van der Waals surface area contributed by atoms with E-state index in [4.69, 9.17) is 0 Å². The highest BCUT2D eigenvalue weighted by atomic mass is 32.2. The third kappa shape index (κ3) is 4.31. The topological polar surface area (TPSA) is 78.0 Å². The number of hydrogen-bond acceptors (Lipinski definition) is 4. The Labute approximate surface area is 191 Å². The number of nitrogens with zero attached hydrogens (tertiary/aromatic N) is 3. The molecule has 1 aliphatic carbocycles. The Morgan fingerprint density at radius 3 is 1.88 bits per heavy atom. The van der Waals surface area contributed by atoms with Gasteiger partial charge in [0.25, 0.3) is 0 Å². The van der Waals surface area contributed by atoms with Crippen molar-refractivity contribution in [3.63, 3.8) is 0 Å². The van der Waals surface area contributed by atoms with Gasteiger partial charge in [-0.05, 0) is 57.6 Å². The van der Waals surface area contributed by atoms with Crippen molar-refractivity contribution in [2.45, 2.75) is 70.2 Å². The summed E-state index contributed by atoms with van der Waals surface area (Å²) in [6.07, 6.45) is 5.43. The first kappa shape index (κ1) is 23.2. The van der Waals surface area contributed by atoms with Gasteiger partial charge >= 0.3 is 0 Å². The maximum absolute atomic E-state index is 13.6. The van der Waals surface area contributed by atoms with Crippen molar-refractivity contribution in [1.82, 2.24) is 14.1 Å². The van der Waals surface area contributed by atoms with Gasteiger partial charge in [-0.15, -0.1) is 0 Å². The number of carbonyl (C=O) groups is 2. The number of benzene rings is 1. The molecule has 2 aliphatic heterocycles. The summed E-state index contributed by atoms with van der Waals surface area (Å²) in [6, 6.07) is 3.11. The van der Waals surface area contributed by atoms with Gasteiger partial charge in [-0.2, -0.15) is 4.31 Å². The van der Waals surface area contributed by atoms with Crippen LogP contribution in [-0.2, 0) is 19.6 Å². The van der Waals surface area contributed by atoms with Gasteiger partial charge in [0.1, 0.15) is 6.04 Å². The summed E-state index contributed by atoms with van der Waals surface area (Å²) in [5.74, 6) is 0.250. The van der Waals surface area contributed by atoms with Crippen LogP contribution < -0.4 is 0 Å². The van der Waals surface area contributed by atoms with E-state index in [1.54, 1.807) is 4.90 Å². The maximum Gasteiger partial charge on any atom is 0.244 e. The van der Waals surface area contributed by atoms with Gasteiger partial charge in [-0.1, -0.05) is 30.5 Å². The summed E-state index contributed by atoms with van der Waals surface area (Å²) in [5.41, 5.74) is 2.47. The first-order chi connectivity index (χ1) is 15.2. The molecule has 32 heavy (non-hydrogen) atoms. The van der Waals surface area contributed by atoms with Crippen LogP contribution in [0.1, 0.15) is 55.2 Å². The molecule has 2 saturated heterocycles. The highest BCUT2D eigenvalue weighted by Crippen LogP contribution is 2.32. The van der Waals surface area contributed by atoms with Crippen LogP contribution in [0, 0.1) is 26.7 Å². The predicted molar refractivity (Wildman–Crippen MR) is 123 cm³/mol. The Kier molecular flexibility index (Phi) is 6.63. The fourth-order valence-electron chi connectivity index (χ4n) is 5.75. The maximum atomic E-state index is 13.6. The van der Waals surface area contributed by atoms with Crippen molar-refractivity contribution in [2.24, 2.45) is 5.92 Å². The minimum atomic E-state index is -3.76. The molecule has 2 heterocycles. The second-order valence-corrected chi connectivity index (χ2v) is 11.5. The van der Waals surface area contributed by atoms with Crippen molar-refractivity contribution in [2.75, 3.05) is 32.7 Å². The number of carbonyl (C=O) groups excluding carboxylic acids is 2. The molecule has 8 heteroatoms. The van der Waals surface area contributed by atoms with Gasteiger partial charge in [0.2, 0.25) is 21.8 Å². The molecule has 1 aromatic carbocycles. The zero-order valence-corrected chi connectivity index (χ0v) is 20.3. The lowest BCUT2D eigenvalue weighted by Gasteiger charge is -2.38. The molecule has 4 rings (SSSR count). The molecule has 1 unspecified atom stereocenters. The monoisotopic (exact) mass is 461 g/mol. The third-order valence-corrected chi connectivity index (χ3v) is 9.48. The van der Waals surface area contributed by atoms with Crippen molar-refractivity contribution < 1.29 is 18.0 Å². The molecule has 0 bridgehead atoms. The van der Waals surface area contributed by atoms with Gasteiger partial charge in [-0.3, -0.25) is 9.59 Å². The molecule has 7 nitrogen and oxygen atoms in total. The first-order valence-electron chi connectivity index (χ1n) is 11.9. The van der Waals surface area contributed by atoms with Crippen molar-refractivity contribution in [3.8, 4) is 0 Å². The van der Waals surface area contributed by atoms with Crippen molar-refractivity contribution in [3.05, 3.63) is 28.8 Å². The highest BCUT2D eigenvalue weighted by molar-refractivity contribution is 7.89. The normalized spacial score (nSPS) is 23.2. The zero-order chi connectivity index (χ0) is 23.0. The van der Waals surface area contributed by atoms with E-state index in [0.717, 1.165) is 42.4 Å². The van der Waals surface area contributed by atoms with Gasteiger partial charge in [0.15, 0.2) is 0 Å². The van der Waals surface area contributed by atoms with Gasteiger partial charge < -0.3 is 9.80 Å². The highest BCUT2D eigenvalue weighted by Gasteiger charge is 2.43. The molecule has 0 aromatic heterocycles. The van der Waals surface area contributed by atoms with Crippen LogP contribution in [0.3, 0.4) is 0 Å². The fraction of sp³-hybridized carbons (Fsp3) is 0.667. The van der Waals surface area contributed by atoms with Crippen LogP contribution in [-0.4, -0.2) is 73.1 Å². The molecule has 176 valence electrons. The van der Waals surface area contributed by atoms with E-state index in [1.165, 1.54) is 4.31 Å². The molecule has 0 N–H and O–H groups in total. The first-order valence-corrected chi connectivity index (χ1v) is 13.3. The number of piperazine rings is 1. The van der Waals surface area contributed by atoms with Crippen LogP contribution in [0.2, 0.25) is 0 Å². The summed E-state index contributed by atoms with van der Waals surface area (Å²) in [6.45, 7) is 7.99. The number of sulfonamides is 1. The molecule has 1 saturated carbocycles. The second-order valence-electron chi connectivity index (χ2n) is 9.63. The second kappa shape index (κ2) is 9.14. The van der Waals surface area contributed by atoms with E-state index in [9.17, 15) is 18.0 Å². The molecule has 1 atom stereocenters. The summed E-state index contributed by atoms with van der Waals surface area (Å²) < 4.78 is 28.6. The number of aryl methyl sites for hydroxylation is 3. The smallest absolute Gasteiger partial charge is 0.244 e. The van der Waals surface area contributed by atoms with Crippen molar-refractivity contribution >= 4 is 21.8 Å².